The topological polar surface area (TPSA) is 40.5 Å². The van der Waals surface area contributed by atoms with Gasteiger partial charge in [-0.3, -0.25) is 9.69 Å². The van der Waals surface area contributed by atoms with Crippen molar-refractivity contribution in [2.45, 2.75) is 64.6 Å². The van der Waals surface area contributed by atoms with Crippen molar-refractivity contribution < 1.29 is 23.1 Å². The van der Waals surface area contributed by atoms with Crippen LogP contribution in [0.15, 0.2) is 0 Å². The van der Waals surface area contributed by atoms with Crippen molar-refractivity contribution >= 4 is 5.97 Å². The van der Waals surface area contributed by atoms with Gasteiger partial charge in [0.25, 0.3) is 0 Å². The number of hydrogen-bond donors (Lipinski definition) is 1. The fourth-order valence-electron chi connectivity index (χ4n) is 2.89. The Morgan fingerprint density at radius 2 is 1.70 bits per heavy atom. The molecule has 0 bridgehead atoms. The van der Waals surface area contributed by atoms with Gasteiger partial charge in [-0.1, -0.05) is 25.7 Å². The van der Waals surface area contributed by atoms with E-state index in [-0.39, 0.29) is 12.6 Å². The van der Waals surface area contributed by atoms with Crippen molar-refractivity contribution in [3.8, 4) is 0 Å². The summed E-state index contributed by atoms with van der Waals surface area (Å²) in [6.45, 7) is 2.30. The summed E-state index contributed by atoms with van der Waals surface area (Å²) in [4.78, 5) is 12.9. The maximum absolute atomic E-state index is 12.6. The molecule has 0 aromatic rings. The molecular weight excluding hydrogens is 271 g/mol. The van der Waals surface area contributed by atoms with Crippen LogP contribution in [0, 0.1) is 5.41 Å². The van der Waals surface area contributed by atoms with Gasteiger partial charge in [-0.2, -0.15) is 13.2 Å². The number of aliphatic carboxylic acids is 1. The Morgan fingerprint density at radius 3 is 2.05 bits per heavy atom. The highest BCUT2D eigenvalue weighted by atomic mass is 19.4. The smallest absolute Gasteiger partial charge is 0.401 e. The first kappa shape index (κ1) is 17.3. The van der Waals surface area contributed by atoms with E-state index < -0.39 is 24.1 Å². The lowest BCUT2D eigenvalue weighted by molar-refractivity contribution is -0.164. The Kier molecular flexibility index (Phi) is 5.86. The summed E-state index contributed by atoms with van der Waals surface area (Å²) >= 11 is 0. The van der Waals surface area contributed by atoms with Crippen LogP contribution in [0.3, 0.4) is 0 Å². The van der Waals surface area contributed by atoms with E-state index in [0.717, 1.165) is 25.7 Å². The number of carboxylic acid groups (broad SMARTS) is 1. The number of rotatable bonds is 5. The third-order valence-electron chi connectivity index (χ3n) is 4.13. The van der Waals surface area contributed by atoms with Crippen LogP contribution in [0.5, 0.6) is 0 Å². The summed E-state index contributed by atoms with van der Waals surface area (Å²) in [7, 11) is 0. The molecule has 1 N–H and O–H groups in total. The Bertz CT molecular complexity index is 321. The minimum absolute atomic E-state index is 0.0144. The first-order valence-corrected chi connectivity index (χ1v) is 7.20. The predicted molar refractivity (Wildman–Crippen MR) is 70.5 cm³/mol. The monoisotopic (exact) mass is 295 g/mol. The van der Waals surface area contributed by atoms with Gasteiger partial charge >= 0.3 is 12.1 Å². The molecule has 0 saturated heterocycles. The fraction of sp³-hybridized carbons (Fsp3) is 0.929. The highest BCUT2D eigenvalue weighted by molar-refractivity contribution is 5.75. The van der Waals surface area contributed by atoms with Crippen molar-refractivity contribution in [3.63, 3.8) is 0 Å². The Morgan fingerprint density at radius 1 is 1.20 bits per heavy atom. The molecule has 1 aliphatic rings. The molecule has 1 rings (SSSR count). The molecule has 0 atom stereocenters. The lowest BCUT2D eigenvalue weighted by Crippen LogP contribution is -2.48. The van der Waals surface area contributed by atoms with Crippen LogP contribution in [0.25, 0.3) is 0 Å². The molecule has 0 spiro atoms. The van der Waals surface area contributed by atoms with Gasteiger partial charge in [0.2, 0.25) is 0 Å². The van der Waals surface area contributed by atoms with Gasteiger partial charge in [-0.25, -0.2) is 0 Å². The van der Waals surface area contributed by atoms with Gasteiger partial charge in [0.1, 0.15) is 0 Å². The highest BCUT2D eigenvalue weighted by Crippen LogP contribution is 2.37. The predicted octanol–water partition coefficient (Wildman–Crippen LogP) is 3.68. The van der Waals surface area contributed by atoms with E-state index in [9.17, 15) is 23.1 Å². The van der Waals surface area contributed by atoms with Gasteiger partial charge in [0.05, 0.1) is 12.0 Å². The lowest BCUT2D eigenvalue weighted by atomic mass is 9.79. The van der Waals surface area contributed by atoms with Crippen molar-refractivity contribution in [1.82, 2.24) is 4.90 Å². The summed E-state index contributed by atoms with van der Waals surface area (Å²) in [6, 6.07) is -0.323. The molecule has 3 nitrogen and oxygen atoms in total. The lowest BCUT2D eigenvalue weighted by Gasteiger charge is -2.37. The zero-order chi connectivity index (χ0) is 15.4. The van der Waals surface area contributed by atoms with Gasteiger partial charge in [0.15, 0.2) is 0 Å². The Labute approximate surface area is 118 Å². The molecule has 0 heterocycles. The number of carbonyl (C=O) groups is 1. The van der Waals surface area contributed by atoms with Gasteiger partial charge < -0.3 is 5.11 Å². The van der Waals surface area contributed by atoms with Crippen LogP contribution < -0.4 is 0 Å². The summed E-state index contributed by atoms with van der Waals surface area (Å²) in [5.74, 6) is -0.952. The van der Waals surface area contributed by atoms with Crippen LogP contribution in [0.4, 0.5) is 13.2 Å². The molecule has 0 radical (unpaired) electrons. The van der Waals surface area contributed by atoms with E-state index >= 15 is 0 Å². The number of alkyl halides is 3. The van der Waals surface area contributed by atoms with Crippen LogP contribution in [-0.2, 0) is 4.79 Å². The quantitative estimate of drug-likeness (QED) is 0.786. The highest BCUT2D eigenvalue weighted by Gasteiger charge is 2.43. The van der Waals surface area contributed by atoms with Crippen LogP contribution in [0.2, 0.25) is 0 Å². The molecule has 0 amide bonds. The van der Waals surface area contributed by atoms with Gasteiger partial charge in [-0.05, 0) is 26.7 Å². The summed E-state index contributed by atoms with van der Waals surface area (Å²) in [6.07, 6.45) is 0.155. The zero-order valence-electron chi connectivity index (χ0n) is 12.2. The molecule has 20 heavy (non-hydrogen) atoms. The van der Waals surface area contributed by atoms with Gasteiger partial charge in [0, 0.05) is 12.6 Å². The third kappa shape index (κ3) is 4.96. The van der Waals surface area contributed by atoms with Crippen molar-refractivity contribution in [1.29, 1.82) is 0 Å². The maximum Gasteiger partial charge on any atom is 0.401 e. The van der Waals surface area contributed by atoms with E-state index in [0.29, 0.717) is 12.8 Å². The second-order valence-electron chi connectivity index (χ2n) is 6.11. The molecule has 6 heteroatoms. The number of hydrogen-bond acceptors (Lipinski definition) is 2. The molecule has 1 saturated carbocycles. The molecule has 0 aliphatic heterocycles. The molecule has 1 fully saturated rings. The Hall–Kier alpha value is -0.780. The van der Waals surface area contributed by atoms with Crippen molar-refractivity contribution in [3.05, 3.63) is 0 Å². The van der Waals surface area contributed by atoms with Gasteiger partial charge in [-0.15, -0.1) is 0 Å². The van der Waals surface area contributed by atoms with Crippen LogP contribution in [-0.4, -0.2) is 41.3 Å². The normalized spacial score (nSPS) is 20.1. The molecule has 0 aromatic heterocycles. The van der Waals surface area contributed by atoms with E-state index in [1.165, 1.54) is 4.90 Å². The van der Waals surface area contributed by atoms with E-state index in [4.69, 9.17) is 0 Å². The standard InChI is InChI=1S/C14H24F3NO2/c1-11(2)18(10-14(15,16)17)9-13(12(19)20)7-5-3-4-6-8-13/h11H,3-10H2,1-2H3,(H,19,20). The van der Waals surface area contributed by atoms with E-state index in [2.05, 4.69) is 0 Å². The molecule has 0 unspecified atom stereocenters. The largest absolute Gasteiger partial charge is 0.481 e. The molecule has 118 valence electrons. The molecule has 1 aliphatic carbocycles. The number of carboxylic acids is 1. The zero-order valence-corrected chi connectivity index (χ0v) is 12.2. The average Bonchev–Trinajstić information content (AvgIpc) is 2.52. The Balaban J connectivity index is 2.87. The van der Waals surface area contributed by atoms with E-state index in [1.807, 2.05) is 0 Å². The summed E-state index contributed by atoms with van der Waals surface area (Å²) in [5, 5.41) is 9.53. The maximum atomic E-state index is 12.6. The van der Waals surface area contributed by atoms with E-state index in [1.54, 1.807) is 13.8 Å². The van der Waals surface area contributed by atoms with Crippen molar-refractivity contribution in [2.75, 3.05) is 13.1 Å². The van der Waals surface area contributed by atoms with Crippen LogP contribution in [0.1, 0.15) is 52.4 Å². The minimum atomic E-state index is -4.30. The average molecular weight is 295 g/mol. The first-order chi connectivity index (χ1) is 9.16. The van der Waals surface area contributed by atoms with Crippen LogP contribution >= 0.6 is 0 Å². The fourth-order valence-corrected chi connectivity index (χ4v) is 2.89. The summed E-state index contributed by atoms with van der Waals surface area (Å²) < 4.78 is 37.9. The second-order valence-corrected chi connectivity index (χ2v) is 6.11. The second kappa shape index (κ2) is 6.78. The summed E-state index contributed by atoms with van der Waals surface area (Å²) in [5.41, 5.74) is -1.02. The van der Waals surface area contributed by atoms with Crippen molar-refractivity contribution in [2.24, 2.45) is 5.41 Å². The number of halogens is 3. The molecule has 0 aromatic carbocycles. The minimum Gasteiger partial charge on any atom is -0.481 e. The molecular formula is C14H24F3NO2. The number of nitrogens with zero attached hydrogens (tertiary/aromatic N) is 1. The first-order valence-electron chi connectivity index (χ1n) is 7.20. The SMILES string of the molecule is CC(C)N(CC(F)(F)F)CC1(C(=O)O)CCCCCC1. The third-order valence-corrected chi connectivity index (χ3v) is 4.13.